The Hall–Kier alpha value is -2.86. The van der Waals surface area contributed by atoms with Crippen LogP contribution in [0.5, 0.6) is 0 Å². The first-order valence-electron chi connectivity index (χ1n) is 9.70. The quantitative estimate of drug-likeness (QED) is 0.350. The average molecular weight is 481 g/mol. The van der Waals surface area contributed by atoms with E-state index in [1.165, 1.54) is 40.9 Å². The molecule has 32 heavy (non-hydrogen) atoms. The standard InChI is InChI=1S/C20H21ClN4O6S/c21-18-7-3-16(13-19(18)25(27)28)14-22-23-20(26)8-4-15-1-5-17(6-2-15)32(29,30)24-9-11-31-12-10-24/h1-3,5-7,13-14H,4,8-12H2,(H,23,26)/b22-14+. The fourth-order valence-corrected chi connectivity index (χ4v) is 4.60. The van der Waals surface area contributed by atoms with Gasteiger partial charge in [-0.1, -0.05) is 29.8 Å². The van der Waals surface area contributed by atoms with Gasteiger partial charge in [-0.2, -0.15) is 9.41 Å². The number of halogens is 1. The van der Waals surface area contributed by atoms with E-state index < -0.39 is 14.9 Å². The Kier molecular flexibility index (Phi) is 7.91. The van der Waals surface area contributed by atoms with Crippen molar-refractivity contribution in [3.8, 4) is 0 Å². The van der Waals surface area contributed by atoms with Gasteiger partial charge in [0.1, 0.15) is 5.02 Å². The molecule has 1 aliphatic rings. The number of nitro benzene ring substituents is 1. The number of hydrogen-bond acceptors (Lipinski definition) is 7. The fourth-order valence-electron chi connectivity index (χ4n) is 3.01. The number of aryl methyl sites for hydroxylation is 1. The summed E-state index contributed by atoms with van der Waals surface area (Å²) >= 11 is 5.75. The van der Waals surface area contributed by atoms with E-state index >= 15 is 0 Å². The maximum Gasteiger partial charge on any atom is 0.288 e. The van der Waals surface area contributed by atoms with Crippen LogP contribution >= 0.6 is 11.6 Å². The molecule has 170 valence electrons. The van der Waals surface area contributed by atoms with E-state index in [0.717, 1.165) is 5.56 Å². The summed E-state index contributed by atoms with van der Waals surface area (Å²) < 4.78 is 31.8. The van der Waals surface area contributed by atoms with Gasteiger partial charge in [0.25, 0.3) is 5.69 Å². The van der Waals surface area contributed by atoms with Crippen molar-refractivity contribution in [2.45, 2.75) is 17.7 Å². The third-order valence-electron chi connectivity index (χ3n) is 4.74. The first kappa shape index (κ1) is 23.8. The van der Waals surface area contributed by atoms with Gasteiger partial charge in [0.15, 0.2) is 0 Å². The molecule has 1 N–H and O–H groups in total. The fraction of sp³-hybridized carbons (Fsp3) is 0.300. The van der Waals surface area contributed by atoms with E-state index in [1.807, 2.05) is 0 Å². The lowest BCUT2D eigenvalue weighted by Crippen LogP contribution is -2.40. The van der Waals surface area contributed by atoms with Crippen LogP contribution in [-0.2, 0) is 26.0 Å². The Morgan fingerprint density at radius 2 is 1.91 bits per heavy atom. The summed E-state index contributed by atoms with van der Waals surface area (Å²) in [6.07, 6.45) is 1.81. The predicted molar refractivity (Wildman–Crippen MR) is 118 cm³/mol. The normalized spacial score (nSPS) is 15.0. The maximum atomic E-state index is 12.6. The monoisotopic (exact) mass is 480 g/mol. The van der Waals surface area contributed by atoms with Crippen LogP contribution in [0.2, 0.25) is 5.02 Å². The summed E-state index contributed by atoms with van der Waals surface area (Å²) in [6.45, 7) is 1.41. The Morgan fingerprint density at radius 3 is 2.56 bits per heavy atom. The van der Waals surface area contributed by atoms with Crippen LogP contribution in [0, 0.1) is 10.1 Å². The summed E-state index contributed by atoms with van der Waals surface area (Å²) in [6, 6.07) is 10.6. The highest BCUT2D eigenvalue weighted by Crippen LogP contribution is 2.24. The van der Waals surface area contributed by atoms with Crippen molar-refractivity contribution in [2.75, 3.05) is 26.3 Å². The summed E-state index contributed by atoms with van der Waals surface area (Å²) in [5.74, 6) is -0.352. The molecule has 1 aliphatic heterocycles. The summed E-state index contributed by atoms with van der Waals surface area (Å²) in [4.78, 5) is 22.5. The molecule has 1 amide bonds. The molecule has 1 fully saturated rings. The minimum atomic E-state index is -3.56. The first-order valence-corrected chi connectivity index (χ1v) is 11.5. The molecule has 2 aromatic carbocycles. The highest BCUT2D eigenvalue weighted by atomic mass is 35.5. The van der Waals surface area contributed by atoms with Gasteiger partial charge in [-0.05, 0) is 30.2 Å². The molecule has 1 saturated heterocycles. The highest BCUT2D eigenvalue weighted by Gasteiger charge is 2.26. The van der Waals surface area contributed by atoms with E-state index in [9.17, 15) is 23.3 Å². The Labute approximate surface area is 190 Å². The number of hydrazone groups is 1. The number of hydrogen-bond donors (Lipinski definition) is 1. The number of carbonyl (C=O) groups excluding carboxylic acids is 1. The molecule has 0 spiro atoms. The van der Waals surface area contributed by atoms with E-state index in [-0.39, 0.29) is 27.9 Å². The second-order valence-corrected chi connectivity index (χ2v) is 9.27. The number of rotatable bonds is 8. The summed E-state index contributed by atoms with van der Waals surface area (Å²) in [7, 11) is -3.56. The number of carbonyl (C=O) groups is 1. The molecule has 0 aliphatic carbocycles. The van der Waals surface area contributed by atoms with Gasteiger partial charge in [0, 0.05) is 31.1 Å². The lowest BCUT2D eigenvalue weighted by atomic mass is 10.1. The van der Waals surface area contributed by atoms with Crippen LogP contribution in [0.25, 0.3) is 0 Å². The maximum absolute atomic E-state index is 12.6. The number of nitrogens with zero attached hydrogens (tertiary/aromatic N) is 3. The topological polar surface area (TPSA) is 131 Å². The van der Waals surface area contributed by atoms with Gasteiger partial charge in [0.05, 0.1) is 29.2 Å². The number of nitro groups is 1. The van der Waals surface area contributed by atoms with Gasteiger partial charge in [-0.3, -0.25) is 14.9 Å². The second kappa shape index (κ2) is 10.6. The third kappa shape index (κ3) is 6.10. The van der Waals surface area contributed by atoms with Crippen molar-refractivity contribution in [1.82, 2.24) is 9.73 Å². The van der Waals surface area contributed by atoms with E-state index in [1.54, 1.807) is 12.1 Å². The van der Waals surface area contributed by atoms with E-state index in [0.29, 0.717) is 38.3 Å². The van der Waals surface area contributed by atoms with Crippen LogP contribution in [0.1, 0.15) is 17.5 Å². The molecule has 0 aromatic heterocycles. The molecule has 1 heterocycles. The van der Waals surface area contributed by atoms with Crippen molar-refractivity contribution >= 4 is 39.4 Å². The zero-order valence-electron chi connectivity index (χ0n) is 16.9. The lowest BCUT2D eigenvalue weighted by molar-refractivity contribution is -0.384. The minimum Gasteiger partial charge on any atom is -0.379 e. The van der Waals surface area contributed by atoms with Gasteiger partial charge in [0.2, 0.25) is 15.9 Å². The summed E-state index contributed by atoms with van der Waals surface area (Å²) in [5, 5.41) is 14.7. The van der Waals surface area contributed by atoms with Crippen molar-refractivity contribution in [3.63, 3.8) is 0 Å². The van der Waals surface area contributed by atoms with Gasteiger partial charge < -0.3 is 4.74 Å². The number of sulfonamides is 1. The molecule has 12 heteroatoms. The van der Waals surface area contributed by atoms with Crippen molar-refractivity contribution < 1.29 is 22.9 Å². The van der Waals surface area contributed by atoms with Crippen molar-refractivity contribution in [3.05, 3.63) is 68.7 Å². The molecule has 10 nitrogen and oxygen atoms in total. The molecule has 3 rings (SSSR count). The molecular weight excluding hydrogens is 460 g/mol. The van der Waals surface area contributed by atoms with Crippen molar-refractivity contribution in [2.24, 2.45) is 5.10 Å². The van der Waals surface area contributed by atoms with E-state index in [4.69, 9.17) is 16.3 Å². The zero-order chi connectivity index (χ0) is 23.1. The molecule has 0 saturated carbocycles. The SMILES string of the molecule is O=C(CCc1ccc(S(=O)(=O)N2CCOCC2)cc1)N/N=C/c1ccc(Cl)c([N+](=O)[O-])c1. The molecular formula is C20H21ClN4O6S. The number of nitrogens with one attached hydrogen (secondary N) is 1. The highest BCUT2D eigenvalue weighted by molar-refractivity contribution is 7.89. The van der Waals surface area contributed by atoms with Gasteiger partial charge in [-0.25, -0.2) is 13.8 Å². The van der Waals surface area contributed by atoms with E-state index in [2.05, 4.69) is 10.5 Å². The van der Waals surface area contributed by atoms with Crippen molar-refractivity contribution in [1.29, 1.82) is 0 Å². The molecule has 0 radical (unpaired) electrons. The second-order valence-electron chi connectivity index (χ2n) is 6.92. The Morgan fingerprint density at radius 1 is 1.22 bits per heavy atom. The minimum absolute atomic E-state index is 0.0138. The molecule has 0 unspecified atom stereocenters. The smallest absolute Gasteiger partial charge is 0.288 e. The molecule has 0 bridgehead atoms. The van der Waals surface area contributed by atoms with Crippen LogP contribution in [0.3, 0.4) is 0 Å². The third-order valence-corrected chi connectivity index (χ3v) is 6.97. The number of amides is 1. The lowest BCUT2D eigenvalue weighted by Gasteiger charge is -2.26. The van der Waals surface area contributed by atoms with Crippen LogP contribution in [-0.4, -0.2) is 56.1 Å². The molecule has 0 atom stereocenters. The van der Waals surface area contributed by atoms with Crippen LogP contribution in [0.15, 0.2) is 52.5 Å². The number of morpholine rings is 1. The number of benzene rings is 2. The Balaban J connectivity index is 1.51. The zero-order valence-corrected chi connectivity index (χ0v) is 18.5. The predicted octanol–water partition coefficient (Wildman–Crippen LogP) is 2.35. The Bertz CT molecular complexity index is 1120. The first-order chi connectivity index (χ1) is 15.3. The van der Waals surface area contributed by atoms with Crippen LogP contribution in [0.4, 0.5) is 5.69 Å². The van der Waals surface area contributed by atoms with Gasteiger partial charge in [-0.15, -0.1) is 0 Å². The number of ether oxygens (including phenoxy) is 1. The van der Waals surface area contributed by atoms with Crippen LogP contribution < -0.4 is 5.43 Å². The van der Waals surface area contributed by atoms with Gasteiger partial charge >= 0.3 is 0 Å². The average Bonchev–Trinajstić information content (AvgIpc) is 2.79. The largest absolute Gasteiger partial charge is 0.379 e. The summed E-state index contributed by atoms with van der Waals surface area (Å²) in [5.41, 5.74) is 3.33. The molecule has 2 aromatic rings.